The summed E-state index contributed by atoms with van der Waals surface area (Å²) in [6.07, 6.45) is 7.39. The monoisotopic (exact) mass is 331 g/mol. The zero-order valence-corrected chi connectivity index (χ0v) is 15.6. The van der Waals surface area contributed by atoms with Crippen LogP contribution in [0.2, 0.25) is 0 Å². The van der Waals surface area contributed by atoms with Gasteiger partial charge in [0.2, 0.25) is 5.91 Å². The number of nitrogens with one attached hydrogen (secondary N) is 1. The van der Waals surface area contributed by atoms with E-state index >= 15 is 0 Å². The molecule has 0 aliphatic rings. The molecule has 2 aromatic rings. The fraction of sp³-hybridized carbons (Fsp3) is 0.611. The van der Waals surface area contributed by atoms with Crippen LogP contribution in [0.5, 0.6) is 0 Å². The van der Waals surface area contributed by atoms with E-state index in [9.17, 15) is 4.79 Å². The van der Waals surface area contributed by atoms with Crippen LogP contribution in [0.25, 0.3) is 0 Å². The van der Waals surface area contributed by atoms with Gasteiger partial charge in [-0.3, -0.25) is 4.79 Å². The molecular formula is C18H29N5O. The predicted octanol–water partition coefficient (Wildman–Crippen LogP) is 4.07. The average molecular weight is 331 g/mol. The van der Waals surface area contributed by atoms with E-state index in [1.807, 2.05) is 35.5 Å². The summed E-state index contributed by atoms with van der Waals surface area (Å²) in [4.78, 5) is 17.2. The Morgan fingerprint density at radius 3 is 2.50 bits per heavy atom. The standard InChI is InChI=1S/C18H29N5O/c1-7-15(8-2)23-17(13(5)11-20-23)21-18(24)14(6)22-10-9-19-16(22)12(3)4/h9-12,14-15H,7-8H2,1-6H3,(H,21,24)/t14-/m0/s1. The zero-order valence-electron chi connectivity index (χ0n) is 15.6. The van der Waals surface area contributed by atoms with Gasteiger partial charge in [-0.1, -0.05) is 27.7 Å². The highest BCUT2D eigenvalue weighted by Crippen LogP contribution is 2.25. The van der Waals surface area contributed by atoms with E-state index in [4.69, 9.17) is 0 Å². The predicted molar refractivity (Wildman–Crippen MR) is 96.2 cm³/mol. The van der Waals surface area contributed by atoms with Crippen LogP contribution >= 0.6 is 0 Å². The summed E-state index contributed by atoms with van der Waals surface area (Å²) < 4.78 is 3.88. The number of rotatable bonds is 7. The van der Waals surface area contributed by atoms with Crippen molar-refractivity contribution in [3.8, 4) is 0 Å². The SMILES string of the molecule is CCC(CC)n1ncc(C)c1NC(=O)[C@H](C)n1ccnc1C(C)C. The molecule has 0 spiro atoms. The number of hydrogen-bond donors (Lipinski definition) is 1. The summed E-state index contributed by atoms with van der Waals surface area (Å²) in [5, 5.41) is 7.54. The summed E-state index contributed by atoms with van der Waals surface area (Å²) in [6, 6.07) is -0.0295. The largest absolute Gasteiger partial charge is 0.323 e. The van der Waals surface area contributed by atoms with Crippen molar-refractivity contribution < 1.29 is 4.79 Å². The third kappa shape index (κ3) is 3.52. The molecule has 0 unspecified atom stereocenters. The molecule has 2 heterocycles. The van der Waals surface area contributed by atoms with Crippen molar-refractivity contribution in [2.75, 3.05) is 5.32 Å². The molecule has 0 saturated heterocycles. The van der Waals surface area contributed by atoms with E-state index in [1.54, 1.807) is 6.20 Å². The topological polar surface area (TPSA) is 64.7 Å². The first-order valence-electron chi connectivity index (χ1n) is 8.78. The Kier molecular flexibility index (Phi) is 5.80. The molecular weight excluding hydrogens is 302 g/mol. The maximum Gasteiger partial charge on any atom is 0.248 e. The number of nitrogens with zero attached hydrogens (tertiary/aromatic N) is 4. The Labute approximate surface area is 144 Å². The van der Waals surface area contributed by atoms with Crippen LogP contribution in [0.15, 0.2) is 18.6 Å². The normalized spacial score (nSPS) is 12.8. The van der Waals surface area contributed by atoms with E-state index < -0.39 is 0 Å². The van der Waals surface area contributed by atoms with Crippen molar-refractivity contribution in [3.05, 3.63) is 30.0 Å². The van der Waals surface area contributed by atoms with Crippen molar-refractivity contribution in [2.45, 2.75) is 72.4 Å². The van der Waals surface area contributed by atoms with E-state index in [2.05, 4.69) is 43.1 Å². The smallest absolute Gasteiger partial charge is 0.248 e. The molecule has 0 aliphatic heterocycles. The number of aryl methyl sites for hydroxylation is 1. The van der Waals surface area contributed by atoms with Crippen molar-refractivity contribution in [3.63, 3.8) is 0 Å². The second kappa shape index (κ2) is 7.64. The Morgan fingerprint density at radius 2 is 1.92 bits per heavy atom. The van der Waals surface area contributed by atoms with Crippen molar-refractivity contribution in [2.24, 2.45) is 0 Å². The van der Waals surface area contributed by atoms with Gasteiger partial charge in [0, 0.05) is 23.9 Å². The van der Waals surface area contributed by atoms with Crippen molar-refractivity contribution in [1.29, 1.82) is 0 Å². The molecule has 0 bridgehead atoms. The number of carbonyl (C=O) groups is 1. The van der Waals surface area contributed by atoms with Gasteiger partial charge in [0.05, 0.1) is 12.2 Å². The molecule has 24 heavy (non-hydrogen) atoms. The molecule has 6 heteroatoms. The van der Waals surface area contributed by atoms with Crippen LogP contribution in [0.1, 0.15) is 76.8 Å². The van der Waals surface area contributed by atoms with Gasteiger partial charge in [-0.15, -0.1) is 0 Å². The minimum atomic E-state index is -0.325. The first kappa shape index (κ1) is 18.2. The Morgan fingerprint density at radius 1 is 1.25 bits per heavy atom. The third-order valence-corrected chi connectivity index (χ3v) is 4.52. The van der Waals surface area contributed by atoms with Crippen LogP contribution in [-0.2, 0) is 4.79 Å². The lowest BCUT2D eigenvalue weighted by Crippen LogP contribution is -2.27. The first-order chi connectivity index (χ1) is 11.4. The van der Waals surface area contributed by atoms with E-state index in [0.717, 1.165) is 30.0 Å². The molecule has 0 aliphatic carbocycles. The van der Waals surface area contributed by atoms with Gasteiger partial charge in [-0.25, -0.2) is 9.67 Å². The summed E-state index contributed by atoms with van der Waals surface area (Å²) in [5.74, 6) is 1.94. The summed E-state index contributed by atoms with van der Waals surface area (Å²) in [5.41, 5.74) is 0.983. The average Bonchev–Trinajstić information content (AvgIpc) is 3.17. The highest BCUT2D eigenvalue weighted by Gasteiger charge is 2.22. The van der Waals surface area contributed by atoms with Crippen LogP contribution < -0.4 is 5.32 Å². The van der Waals surface area contributed by atoms with Gasteiger partial charge < -0.3 is 9.88 Å². The number of amides is 1. The molecule has 1 amide bonds. The Balaban J connectivity index is 2.24. The third-order valence-electron chi connectivity index (χ3n) is 4.52. The lowest BCUT2D eigenvalue weighted by molar-refractivity contribution is -0.118. The summed E-state index contributed by atoms with van der Waals surface area (Å²) in [7, 11) is 0. The van der Waals surface area contributed by atoms with Gasteiger partial charge in [-0.2, -0.15) is 5.10 Å². The molecule has 0 radical (unpaired) electrons. The number of aromatic nitrogens is 4. The molecule has 0 aromatic carbocycles. The molecule has 2 aromatic heterocycles. The zero-order chi connectivity index (χ0) is 17.9. The summed E-state index contributed by atoms with van der Waals surface area (Å²) >= 11 is 0. The van der Waals surface area contributed by atoms with Gasteiger partial charge in [0.1, 0.15) is 17.7 Å². The second-order valence-corrected chi connectivity index (χ2v) is 6.60. The maximum atomic E-state index is 12.8. The molecule has 1 atom stereocenters. The van der Waals surface area contributed by atoms with E-state index in [1.165, 1.54) is 0 Å². The Bertz CT molecular complexity index is 681. The van der Waals surface area contributed by atoms with Crippen LogP contribution in [0.3, 0.4) is 0 Å². The lowest BCUT2D eigenvalue weighted by Gasteiger charge is -2.21. The molecule has 132 valence electrons. The van der Waals surface area contributed by atoms with Gasteiger partial charge in [-0.05, 0) is 26.7 Å². The van der Waals surface area contributed by atoms with E-state index in [0.29, 0.717) is 6.04 Å². The quantitative estimate of drug-likeness (QED) is 0.831. The van der Waals surface area contributed by atoms with Crippen LogP contribution in [0.4, 0.5) is 5.82 Å². The maximum absolute atomic E-state index is 12.8. The van der Waals surface area contributed by atoms with Gasteiger partial charge >= 0.3 is 0 Å². The van der Waals surface area contributed by atoms with Crippen molar-refractivity contribution >= 4 is 11.7 Å². The number of anilines is 1. The minimum Gasteiger partial charge on any atom is -0.323 e. The number of carbonyl (C=O) groups excluding carboxylic acids is 1. The fourth-order valence-corrected chi connectivity index (χ4v) is 2.96. The number of imidazole rings is 1. The minimum absolute atomic E-state index is 0.0503. The lowest BCUT2D eigenvalue weighted by atomic mass is 10.1. The second-order valence-electron chi connectivity index (χ2n) is 6.60. The van der Waals surface area contributed by atoms with E-state index in [-0.39, 0.29) is 17.9 Å². The van der Waals surface area contributed by atoms with Crippen LogP contribution in [0, 0.1) is 6.92 Å². The molecule has 1 N–H and O–H groups in total. The first-order valence-corrected chi connectivity index (χ1v) is 8.78. The highest BCUT2D eigenvalue weighted by molar-refractivity contribution is 5.93. The molecule has 0 saturated carbocycles. The van der Waals surface area contributed by atoms with Crippen LogP contribution in [-0.4, -0.2) is 25.2 Å². The summed E-state index contributed by atoms with van der Waals surface area (Å²) in [6.45, 7) is 12.3. The highest BCUT2D eigenvalue weighted by atomic mass is 16.2. The molecule has 6 nitrogen and oxygen atoms in total. The molecule has 0 fully saturated rings. The van der Waals surface area contributed by atoms with Gasteiger partial charge in [0.15, 0.2) is 0 Å². The Hall–Kier alpha value is -2.11. The van der Waals surface area contributed by atoms with Gasteiger partial charge in [0.25, 0.3) is 0 Å². The molecule has 2 rings (SSSR count). The van der Waals surface area contributed by atoms with Crippen molar-refractivity contribution in [1.82, 2.24) is 19.3 Å². The number of hydrogen-bond acceptors (Lipinski definition) is 3. The fourth-order valence-electron chi connectivity index (χ4n) is 2.96.